The fraction of sp³-hybridized carbons (Fsp3) is 0.0159. The van der Waals surface area contributed by atoms with Crippen molar-refractivity contribution in [3.05, 3.63) is 271 Å². The van der Waals surface area contributed by atoms with Crippen molar-refractivity contribution in [2.45, 2.75) is 5.41 Å². The van der Waals surface area contributed by atoms with Gasteiger partial charge in [-0.15, -0.1) is 0 Å². The van der Waals surface area contributed by atoms with E-state index in [1.807, 2.05) is 0 Å². The second kappa shape index (κ2) is 14.4. The molecule has 0 saturated carbocycles. The van der Waals surface area contributed by atoms with E-state index in [0.717, 1.165) is 17.1 Å². The van der Waals surface area contributed by atoms with Gasteiger partial charge < -0.3 is 4.90 Å². The molecule has 11 aromatic carbocycles. The van der Waals surface area contributed by atoms with E-state index < -0.39 is 5.41 Å². The van der Waals surface area contributed by atoms with Crippen molar-refractivity contribution in [3.63, 3.8) is 0 Å². The number of anilines is 3. The molecule has 1 nitrogen and oxygen atoms in total. The largest absolute Gasteiger partial charge is 0.310 e. The Balaban J connectivity index is 1.00. The minimum Gasteiger partial charge on any atom is -0.310 e. The molecule has 0 saturated heterocycles. The van der Waals surface area contributed by atoms with Gasteiger partial charge >= 0.3 is 0 Å². The number of nitrogens with zero attached hydrogens (tertiary/aromatic N) is 1. The Bertz CT molecular complexity index is 3530. The summed E-state index contributed by atoms with van der Waals surface area (Å²) in [6.07, 6.45) is 0. The molecule has 0 heterocycles. The maximum Gasteiger partial charge on any atom is 0.0726 e. The molecule has 0 radical (unpaired) electrons. The minimum absolute atomic E-state index is 0.438. The van der Waals surface area contributed by atoms with Gasteiger partial charge in [0.15, 0.2) is 0 Å². The van der Waals surface area contributed by atoms with Crippen LogP contribution in [-0.4, -0.2) is 0 Å². The number of benzene rings is 11. The molecule has 13 rings (SSSR count). The lowest BCUT2D eigenvalue weighted by molar-refractivity contribution is 0.793. The van der Waals surface area contributed by atoms with E-state index in [-0.39, 0.29) is 0 Å². The second-order valence-electron chi connectivity index (χ2n) is 17.1. The van der Waals surface area contributed by atoms with Crippen molar-refractivity contribution >= 4 is 38.6 Å². The number of fused-ring (bicyclic) bond motifs is 12. The van der Waals surface area contributed by atoms with Crippen molar-refractivity contribution in [2.24, 2.45) is 0 Å². The van der Waals surface area contributed by atoms with Crippen LogP contribution in [0, 0.1) is 0 Å². The highest BCUT2D eigenvalue weighted by Gasteiger charge is 2.51. The lowest BCUT2D eigenvalue weighted by Crippen LogP contribution is -2.26. The maximum absolute atomic E-state index is 2.48. The second-order valence-corrected chi connectivity index (χ2v) is 17.1. The highest BCUT2D eigenvalue weighted by atomic mass is 15.1. The fourth-order valence-electron chi connectivity index (χ4n) is 11.2. The average Bonchev–Trinajstić information content (AvgIpc) is 3.84. The summed E-state index contributed by atoms with van der Waals surface area (Å²) in [5.74, 6) is 0. The van der Waals surface area contributed by atoms with Crippen LogP contribution in [0.1, 0.15) is 22.3 Å². The van der Waals surface area contributed by atoms with Gasteiger partial charge in [0.05, 0.1) is 5.41 Å². The zero-order chi connectivity index (χ0) is 42.2. The van der Waals surface area contributed by atoms with Gasteiger partial charge in [-0.25, -0.2) is 0 Å². The average molecular weight is 812 g/mol. The van der Waals surface area contributed by atoms with Gasteiger partial charge in [-0.05, 0) is 136 Å². The third kappa shape index (κ3) is 5.38. The Morgan fingerprint density at radius 2 is 0.688 bits per heavy atom. The Hall–Kier alpha value is -8.26. The van der Waals surface area contributed by atoms with E-state index in [9.17, 15) is 0 Å². The molecular formula is C63H41N. The lowest BCUT2D eigenvalue weighted by atomic mass is 9.70. The predicted molar refractivity (Wildman–Crippen MR) is 269 cm³/mol. The summed E-state index contributed by atoms with van der Waals surface area (Å²) in [6, 6.07) is 92.0. The van der Waals surface area contributed by atoms with Gasteiger partial charge in [0.2, 0.25) is 0 Å². The molecule has 0 N–H and O–H groups in total. The van der Waals surface area contributed by atoms with Gasteiger partial charge in [-0.3, -0.25) is 0 Å². The first-order valence-electron chi connectivity index (χ1n) is 22.3. The van der Waals surface area contributed by atoms with Gasteiger partial charge in [0.1, 0.15) is 0 Å². The van der Waals surface area contributed by atoms with E-state index in [0.29, 0.717) is 0 Å². The predicted octanol–water partition coefficient (Wildman–Crippen LogP) is 16.8. The molecule has 2 aliphatic rings. The molecular weight excluding hydrogens is 771 g/mol. The van der Waals surface area contributed by atoms with Crippen molar-refractivity contribution in [2.75, 3.05) is 4.90 Å². The first kappa shape index (κ1) is 36.4. The smallest absolute Gasteiger partial charge is 0.0726 e. The first-order valence-corrected chi connectivity index (χ1v) is 22.3. The fourth-order valence-corrected chi connectivity index (χ4v) is 11.2. The van der Waals surface area contributed by atoms with Crippen LogP contribution in [0.4, 0.5) is 17.1 Å². The van der Waals surface area contributed by atoms with E-state index in [4.69, 9.17) is 0 Å². The third-order valence-electron chi connectivity index (χ3n) is 13.9. The summed E-state index contributed by atoms with van der Waals surface area (Å²) < 4.78 is 0. The monoisotopic (exact) mass is 811 g/mol. The Morgan fingerprint density at radius 1 is 0.250 bits per heavy atom. The highest BCUT2D eigenvalue weighted by Crippen LogP contribution is 2.63. The molecule has 0 aromatic heterocycles. The molecule has 0 unspecified atom stereocenters. The van der Waals surface area contributed by atoms with E-state index in [2.05, 4.69) is 254 Å². The Morgan fingerprint density at radius 3 is 1.31 bits per heavy atom. The van der Waals surface area contributed by atoms with E-state index in [1.54, 1.807) is 0 Å². The summed E-state index contributed by atoms with van der Waals surface area (Å²) >= 11 is 0. The summed E-state index contributed by atoms with van der Waals surface area (Å²) in [4.78, 5) is 2.44. The van der Waals surface area contributed by atoms with Crippen LogP contribution in [-0.2, 0) is 5.41 Å². The number of hydrogen-bond donors (Lipinski definition) is 0. The Kier molecular flexibility index (Phi) is 8.20. The van der Waals surface area contributed by atoms with Crippen molar-refractivity contribution in [3.8, 4) is 55.6 Å². The van der Waals surface area contributed by atoms with E-state index in [1.165, 1.54) is 99.4 Å². The van der Waals surface area contributed by atoms with Gasteiger partial charge in [-0.2, -0.15) is 0 Å². The standard InChI is InChI=1S/C63H41N/c1-2-17-46(18-3-1)62-52-21-7-5-16-43(52)33-39-53(62)45-31-36-48(37-32-45)64(47-34-29-44(30-35-47)51-25-14-19-42-15-4-6-20-50(42)51)49-38-40-57-56-24-10-13-28-60(56)63(61(57)41-49)58-26-11-8-22-54(58)55-23-9-12-27-59(55)63/h1-41H. The van der Waals surface area contributed by atoms with E-state index >= 15 is 0 Å². The van der Waals surface area contributed by atoms with Gasteiger partial charge in [-0.1, -0.05) is 212 Å². The highest BCUT2D eigenvalue weighted by molar-refractivity contribution is 6.04. The van der Waals surface area contributed by atoms with Crippen molar-refractivity contribution in [1.29, 1.82) is 0 Å². The van der Waals surface area contributed by atoms with Crippen LogP contribution >= 0.6 is 0 Å². The SMILES string of the molecule is c1ccc(-c2c(-c3ccc(N(c4ccc(-c5cccc6ccccc56)cc4)c4ccc5c(c4)C4(c6ccccc6-c6ccccc64)c4ccccc4-5)cc3)ccc3ccccc23)cc1. The third-order valence-corrected chi connectivity index (χ3v) is 13.9. The minimum atomic E-state index is -0.438. The van der Waals surface area contributed by atoms with Crippen molar-refractivity contribution in [1.82, 2.24) is 0 Å². The van der Waals surface area contributed by atoms with Crippen LogP contribution < -0.4 is 4.90 Å². The lowest BCUT2D eigenvalue weighted by Gasteiger charge is -2.32. The molecule has 2 aliphatic carbocycles. The molecule has 64 heavy (non-hydrogen) atoms. The van der Waals surface area contributed by atoms with Gasteiger partial charge in [0, 0.05) is 17.1 Å². The van der Waals surface area contributed by atoms with Gasteiger partial charge in [0.25, 0.3) is 0 Å². The summed E-state index contributed by atoms with van der Waals surface area (Å²) in [5, 5.41) is 5.00. The Labute approximate surface area is 373 Å². The molecule has 0 amide bonds. The summed E-state index contributed by atoms with van der Waals surface area (Å²) in [6.45, 7) is 0. The van der Waals surface area contributed by atoms with Crippen LogP contribution in [0.2, 0.25) is 0 Å². The molecule has 11 aromatic rings. The summed E-state index contributed by atoms with van der Waals surface area (Å²) in [7, 11) is 0. The summed E-state index contributed by atoms with van der Waals surface area (Å²) in [5.41, 5.74) is 20.8. The zero-order valence-electron chi connectivity index (χ0n) is 35.1. The molecule has 1 heteroatoms. The van der Waals surface area contributed by atoms with Crippen LogP contribution in [0.5, 0.6) is 0 Å². The normalized spacial score (nSPS) is 12.8. The number of rotatable bonds is 6. The molecule has 0 bridgehead atoms. The van der Waals surface area contributed by atoms with Crippen LogP contribution in [0.3, 0.4) is 0 Å². The molecule has 0 aliphatic heterocycles. The molecule has 0 atom stereocenters. The first-order chi connectivity index (χ1) is 31.8. The topological polar surface area (TPSA) is 3.24 Å². The molecule has 0 fully saturated rings. The zero-order valence-corrected chi connectivity index (χ0v) is 35.1. The number of hydrogen-bond acceptors (Lipinski definition) is 1. The molecule has 1 spiro atoms. The maximum atomic E-state index is 2.48. The quantitative estimate of drug-likeness (QED) is 0.162. The van der Waals surface area contributed by atoms with Crippen LogP contribution in [0.25, 0.3) is 77.2 Å². The van der Waals surface area contributed by atoms with Crippen LogP contribution in [0.15, 0.2) is 249 Å². The molecule has 298 valence electrons. The van der Waals surface area contributed by atoms with Crippen molar-refractivity contribution < 1.29 is 0 Å².